The molecule has 1 amide bonds. The Hall–Kier alpha value is -1.89. The molecule has 1 aromatic rings. The third-order valence-corrected chi connectivity index (χ3v) is 5.57. The Morgan fingerprint density at radius 1 is 1.18 bits per heavy atom. The molecular formula is C21H26BrNO5. The van der Waals surface area contributed by atoms with Crippen molar-refractivity contribution in [2.24, 2.45) is 5.92 Å². The van der Waals surface area contributed by atoms with Gasteiger partial charge in [-0.05, 0) is 70.2 Å². The molecule has 1 N–H and O–H groups in total. The molecule has 7 heteroatoms. The lowest BCUT2D eigenvalue weighted by Crippen LogP contribution is -2.44. The van der Waals surface area contributed by atoms with Crippen molar-refractivity contribution in [3.63, 3.8) is 0 Å². The monoisotopic (exact) mass is 451 g/mol. The van der Waals surface area contributed by atoms with Crippen molar-refractivity contribution < 1.29 is 23.9 Å². The van der Waals surface area contributed by atoms with Crippen LogP contribution in [0.1, 0.15) is 62.4 Å². The minimum absolute atomic E-state index is 0.156. The molecule has 2 aliphatic rings. The molecule has 1 unspecified atom stereocenters. The van der Waals surface area contributed by atoms with Crippen molar-refractivity contribution in [2.75, 3.05) is 0 Å². The van der Waals surface area contributed by atoms with Gasteiger partial charge in [0.05, 0.1) is 5.92 Å². The average Bonchev–Trinajstić information content (AvgIpc) is 3.03. The summed E-state index contributed by atoms with van der Waals surface area (Å²) in [4.78, 5) is 37.5. The van der Waals surface area contributed by atoms with Crippen LogP contribution in [0.25, 0.3) is 0 Å². The summed E-state index contributed by atoms with van der Waals surface area (Å²) < 4.78 is 11.8. The number of amides is 1. The molecule has 1 fully saturated rings. The number of fused-ring (bicyclic) bond motifs is 1. The van der Waals surface area contributed by atoms with Crippen LogP contribution in [0.3, 0.4) is 0 Å². The van der Waals surface area contributed by atoms with E-state index in [-0.39, 0.29) is 11.8 Å². The van der Waals surface area contributed by atoms with Crippen LogP contribution in [0.4, 0.5) is 4.79 Å². The fraction of sp³-hybridized carbons (Fsp3) is 0.571. The topological polar surface area (TPSA) is 81.7 Å². The van der Waals surface area contributed by atoms with Gasteiger partial charge in [0, 0.05) is 16.1 Å². The van der Waals surface area contributed by atoms with Crippen molar-refractivity contribution in [1.82, 2.24) is 5.32 Å². The van der Waals surface area contributed by atoms with Gasteiger partial charge in [0.1, 0.15) is 5.60 Å². The molecule has 0 bridgehead atoms. The third kappa shape index (κ3) is 4.93. The second-order valence-electron chi connectivity index (χ2n) is 8.42. The summed E-state index contributed by atoms with van der Waals surface area (Å²) in [6.45, 7) is 5.37. The normalized spacial score (nSPS) is 24.4. The molecule has 1 aromatic carbocycles. The first-order valence-corrected chi connectivity index (χ1v) is 10.5. The molecule has 0 heterocycles. The molecule has 28 heavy (non-hydrogen) atoms. The number of ketones is 1. The second kappa shape index (κ2) is 8.23. The highest BCUT2D eigenvalue weighted by Gasteiger charge is 2.39. The van der Waals surface area contributed by atoms with Crippen molar-refractivity contribution >= 4 is 33.8 Å². The molecule has 6 nitrogen and oxygen atoms in total. The summed E-state index contributed by atoms with van der Waals surface area (Å²) in [5.41, 5.74) is 0.981. The Balaban J connectivity index is 1.61. The predicted molar refractivity (Wildman–Crippen MR) is 107 cm³/mol. The Bertz CT molecular complexity index is 785. The van der Waals surface area contributed by atoms with Gasteiger partial charge in [-0.1, -0.05) is 22.4 Å². The van der Waals surface area contributed by atoms with Gasteiger partial charge < -0.3 is 14.8 Å². The lowest BCUT2D eigenvalue weighted by molar-refractivity contribution is -0.152. The van der Waals surface area contributed by atoms with E-state index < -0.39 is 29.7 Å². The average molecular weight is 452 g/mol. The van der Waals surface area contributed by atoms with Gasteiger partial charge in [-0.25, -0.2) is 4.79 Å². The molecule has 152 valence electrons. The van der Waals surface area contributed by atoms with Gasteiger partial charge in [0.2, 0.25) is 5.78 Å². The van der Waals surface area contributed by atoms with Gasteiger partial charge in [0.25, 0.3) is 0 Å². The zero-order valence-corrected chi connectivity index (χ0v) is 18.0. The van der Waals surface area contributed by atoms with Gasteiger partial charge in [-0.2, -0.15) is 0 Å². The standard InChI is InChI=1S/C21H26BrNO5/c1-21(2,3)28-20(26)23-16-6-4-5-15(16)19(25)27-17-10-7-12-11-13(22)8-9-14(12)18(17)24/h8-9,11,15-17H,4-7,10H2,1-3H3,(H,23,26)/t15-,16+,17?/m1/s1. The van der Waals surface area contributed by atoms with E-state index in [9.17, 15) is 14.4 Å². The summed E-state index contributed by atoms with van der Waals surface area (Å²) in [6, 6.07) is 5.19. The maximum absolute atomic E-state index is 12.7. The number of halogens is 1. The Labute approximate surface area is 173 Å². The smallest absolute Gasteiger partial charge is 0.407 e. The summed E-state index contributed by atoms with van der Waals surface area (Å²) >= 11 is 3.41. The molecule has 0 aromatic heterocycles. The number of carbonyl (C=O) groups excluding carboxylic acids is 3. The van der Waals surface area contributed by atoms with E-state index in [1.165, 1.54) is 0 Å². The van der Waals surface area contributed by atoms with E-state index in [0.29, 0.717) is 31.2 Å². The number of esters is 1. The van der Waals surface area contributed by atoms with Crippen LogP contribution < -0.4 is 5.32 Å². The predicted octanol–water partition coefficient (Wildman–Crippen LogP) is 4.18. The van der Waals surface area contributed by atoms with E-state index in [4.69, 9.17) is 9.47 Å². The highest BCUT2D eigenvalue weighted by Crippen LogP contribution is 2.30. The maximum Gasteiger partial charge on any atom is 0.407 e. The number of ether oxygens (including phenoxy) is 2. The number of Topliss-reactive ketones (excluding diaryl/α,β-unsaturated/α-hetero) is 1. The van der Waals surface area contributed by atoms with Gasteiger partial charge in [0.15, 0.2) is 6.10 Å². The fourth-order valence-electron chi connectivity index (χ4n) is 3.81. The van der Waals surface area contributed by atoms with Crippen LogP contribution in [0.2, 0.25) is 0 Å². The highest BCUT2D eigenvalue weighted by atomic mass is 79.9. The molecular weight excluding hydrogens is 426 g/mol. The molecule has 0 saturated heterocycles. The Kier molecular flexibility index (Phi) is 6.12. The molecule has 0 spiro atoms. The Morgan fingerprint density at radius 3 is 2.64 bits per heavy atom. The SMILES string of the molecule is CC(C)(C)OC(=O)N[C@H]1CCC[C@H]1C(=O)OC1CCc2cc(Br)ccc2C1=O. The first-order valence-electron chi connectivity index (χ1n) is 9.67. The molecule has 3 rings (SSSR count). The fourth-order valence-corrected chi connectivity index (χ4v) is 4.22. The van der Waals surface area contributed by atoms with Crippen molar-refractivity contribution in [3.05, 3.63) is 33.8 Å². The highest BCUT2D eigenvalue weighted by molar-refractivity contribution is 9.10. The van der Waals surface area contributed by atoms with E-state index in [0.717, 1.165) is 16.5 Å². The number of rotatable bonds is 3. The minimum Gasteiger partial charge on any atom is -0.454 e. The number of nitrogens with one attached hydrogen (secondary N) is 1. The van der Waals surface area contributed by atoms with Crippen LogP contribution in [0, 0.1) is 5.92 Å². The molecule has 2 aliphatic carbocycles. The molecule has 0 aliphatic heterocycles. The number of benzene rings is 1. The number of hydrogen-bond donors (Lipinski definition) is 1. The molecule has 3 atom stereocenters. The number of carbonyl (C=O) groups is 3. The minimum atomic E-state index is -0.760. The quantitative estimate of drug-likeness (QED) is 0.696. The van der Waals surface area contributed by atoms with E-state index in [2.05, 4.69) is 21.2 Å². The Morgan fingerprint density at radius 2 is 1.93 bits per heavy atom. The van der Waals surface area contributed by atoms with Crippen LogP contribution >= 0.6 is 15.9 Å². The number of alkyl carbamates (subject to hydrolysis) is 1. The maximum atomic E-state index is 12.7. The first-order chi connectivity index (χ1) is 13.1. The van der Waals surface area contributed by atoms with Gasteiger partial charge >= 0.3 is 12.1 Å². The van der Waals surface area contributed by atoms with Crippen LogP contribution in [0.5, 0.6) is 0 Å². The van der Waals surface area contributed by atoms with Crippen LogP contribution in [-0.2, 0) is 20.7 Å². The third-order valence-electron chi connectivity index (χ3n) is 5.08. The van der Waals surface area contributed by atoms with Crippen LogP contribution in [0.15, 0.2) is 22.7 Å². The zero-order chi connectivity index (χ0) is 20.5. The number of aryl methyl sites for hydroxylation is 1. The van der Waals surface area contributed by atoms with Crippen molar-refractivity contribution in [1.29, 1.82) is 0 Å². The second-order valence-corrected chi connectivity index (χ2v) is 9.34. The zero-order valence-electron chi connectivity index (χ0n) is 16.4. The van der Waals surface area contributed by atoms with Gasteiger partial charge in [-0.3, -0.25) is 9.59 Å². The van der Waals surface area contributed by atoms with E-state index in [1.807, 2.05) is 12.1 Å². The summed E-state index contributed by atoms with van der Waals surface area (Å²) in [7, 11) is 0. The van der Waals surface area contributed by atoms with Crippen LogP contribution in [-0.4, -0.2) is 35.6 Å². The summed E-state index contributed by atoms with van der Waals surface area (Å²) in [5, 5.41) is 2.78. The summed E-state index contributed by atoms with van der Waals surface area (Å²) in [6.07, 6.45) is 2.00. The first kappa shape index (κ1) is 20.8. The lowest BCUT2D eigenvalue weighted by atomic mass is 9.88. The van der Waals surface area contributed by atoms with Gasteiger partial charge in [-0.15, -0.1) is 0 Å². The van der Waals surface area contributed by atoms with E-state index in [1.54, 1.807) is 26.8 Å². The molecule has 0 radical (unpaired) electrons. The van der Waals surface area contributed by atoms with E-state index >= 15 is 0 Å². The van der Waals surface area contributed by atoms with Crippen molar-refractivity contribution in [3.8, 4) is 0 Å². The largest absolute Gasteiger partial charge is 0.454 e. The number of hydrogen-bond acceptors (Lipinski definition) is 5. The molecule has 1 saturated carbocycles. The van der Waals surface area contributed by atoms with Crippen molar-refractivity contribution in [2.45, 2.75) is 70.6 Å². The summed E-state index contributed by atoms with van der Waals surface area (Å²) in [5.74, 6) is -1.03. The lowest BCUT2D eigenvalue weighted by Gasteiger charge is -2.27.